The molecule has 2 rings (SSSR count). The van der Waals surface area contributed by atoms with Crippen LogP contribution in [0.4, 0.5) is 0 Å². The van der Waals surface area contributed by atoms with Crippen molar-refractivity contribution in [2.45, 2.75) is 25.3 Å². The second-order valence-corrected chi connectivity index (χ2v) is 5.55. The van der Waals surface area contributed by atoms with Crippen molar-refractivity contribution >= 4 is 23.6 Å². The van der Waals surface area contributed by atoms with E-state index in [1.54, 1.807) is 0 Å². The molecular formula is C14H17NO4S. The van der Waals surface area contributed by atoms with Crippen molar-refractivity contribution in [1.29, 1.82) is 0 Å². The molecule has 0 unspecified atom stereocenters. The van der Waals surface area contributed by atoms with E-state index in [0.29, 0.717) is 18.1 Å². The van der Waals surface area contributed by atoms with Crippen LogP contribution >= 0.6 is 11.8 Å². The largest absolute Gasteiger partial charge is 0.493 e. The van der Waals surface area contributed by atoms with Crippen molar-refractivity contribution in [1.82, 2.24) is 4.90 Å². The Morgan fingerprint density at radius 1 is 1.45 bits per heavy atom. The smallest absolute Gasteiger partial charge is 0.327 e. The molecule has 20 heavy (non-hydrogen) atoms. The fourth-order valence-electron chi connectivity index (χ4n) is 2.29. The van der Waals surface area contributed by atoms with Crippen LogP contribution in [0.15, 0.2) is 24.3 Å². The number of amides is 1. The number of para-hydroxylation sites is 1. The number of nitrogens with zero attached hydrogens (tertiary/aromatic N) is 1. The maximum Gasteiger partial charge on any atom is 0.327 e. The number of aliphatic carboxylic acids is 1. The van der Waals surface area contributed by atoms with E-state index in [4.69, 9.17) is 4.74 Å². The number of carboxylic acids is 1. The second kappa shape index (κ2) is 6.17. The summed E-state index contributed by atoms with van der Waals surface area (Å²) in [5, 5.41) is 8.92. The number of benzene rings is 1. The van der Waals surface area contributed by atoms with Gasteiger partial charge in [0.2, 0.25) is 5.91 Å². The molecule has 1 N–H and O–H groups in total. The van der Waals surface area contributed by atoms with Crippen LogP contribution in [0.3, 0.4) is 0 Å². The molecule has 0 aliphatic carbocycles. The predicted octanol–water partition coefficient (Wildman–Crippen LogP) is 2.13. The molecule has 1 heterocycles. The van der Waals surface area contributed by atoms with Gasteiger partial charge in [-0.25, -0.2) is 4.79 Å². The van der Waals surface area contributed by atoms with Gasteiger partial charge in [-0.3, -0.25) is 4.79 Å². The summed E-state index contributed by atoms with van der Waals surface area (Å²) in [5.74, 6) is -0.118. The standard InChI is InChI=1S/C14H17NO4S/c1-3-19-12-7-5-4-6-10(12)13-15(9(2)16)11(8-20-13)14(17)18/h4-7,11,13H,3,8H2,1-2H3,(H,17,18)/t11-,13-/m0/s1. The van der Waals surface area contributed by atoms with Gasteiger partial charge in [-0.1, -0.05) is 18.2 Å². The van der Waals surface area contributed by atoms with Crippen LogP contribution in [0.5, 0.6) is 5.75 Å². The van der Waals surface area contributed by atoms with E-state index in [1.165, 1.54) is 23.6 Å². The lowest BCUT2D eigenvalue weighted by Crippen LogP contribution is -2.41. The van der Waals surface area contributed by atoms with E-state index in [9.17, 15) is 14.7 Å². The van der Waals surface area contributed by atoms with Gasteiger partial charge in [-0.15, -0.1) is 11.8 Å². The Balaban J connectivity index is 2.37. The number of rotatable bonds is 4. The fourth-order valence-corrected chi connectivity index (χ4v) is 3.79. The van der Waals surface area contributed by atoms with E-state index < -0.39 is 12.0 Å². The molecule has 1 fully saturated rings. The number of carbonyl (C=O) groups is 2. The van der Waals surface area contributed by atoms with Gasteiger partial charge in [0, 0.05) is 18.2 Å². The Labute approximate surface area is 121 Å². The summed E-state index contributed by atoms with van der Waals surface area (Å²) in [6.45, 7) is 3.82. The van der Waals surface area contributed by atoms with E-state index >= 15 is 0 Å². The molecule has 1 aliphatic rings. The first-order valence-electron chi connectivity index (χ1n) is 6.41. The van der Waals surface area contributed by atoms with Crippen LogP contribution in [0.25, 0.3) is 0 Å². The quantitative estimate of drug-likeness (QED) is 0.921. The Morgan fingerprint density at radius 2 is 2.15 bits per heavy atom. The van der Waals surface area contributed by atoms with Gasteiger partial charge in [-0.05, 0) is 13.0 Å². The molecular weight excluding hydrogens is 278 g/mol. The Bertz CT molecular complexity index is 520. The van der Waals surface area contributed by atoms with Gasteiger partial charge >= 0.3 is 5.97 Å². The minimum atomic E-state index is -0.968. The topological polar surface area (TPSA) is 66.8 Å². The van der Waals surface area contributed by atoms with Gasteiger partial charge in [0.05, 0.1) is 6.61 Å². The molecule has 0 saturated carbocycles. The van der Waals surface area contributed by atoms with Gasteiger partial charge in [0.15, 0.2) is 0 Å². The second-order valence-electron chi connectivity index (χ2n) is 4.44. The highest BCUT2D eigenvalue weighted by molar-refractivity contribution is 7.99. The Morgan fingerprint density at radius 3 is 2.75 bits per heavy atom. The molecule has 1 aromatic carbocycles. The number of hydrogen-bond acceptors (Lipinski definition) is 4. The zero-order chi connectivity index (χ0) is 14.7. The number of ether oxygens (including phenoxy) is 1. The van der Waals surface area contributed by atoms with Gasteiger partial charge in [0.1, 0.15) is 17.2 Å². The van der Waals surface area contributed by atoms with Crippen LogP contribution in [-0.4, -0.2) is 40.3 Å². The summed E-state index contributed by atoms with van der Waals surface area (Å²) < 4.78 is 5.57. The highest BCUT2D eigenvalue weighted by Crippen LogP contribution is 2.44. The number of thioether (sulfide) groups is 1. The fraction of sp³-hybridized carbons (Fsp3) is 0.429. The summed E-state index contributed by atoms with van der Waals surface area (Å²) in [6.07, 6.45) is 0. The lowest BCUT2D eigenvalue weighted by molar-refractivity contribution is -0.148. The van der Waals surface area contributed by atoms with Crippen molar-refractivity contribution in [3.05, 3.63) is 29.8 Å². The monoisotopic (exact) mass is 295 g/mol. The lowest BCUT2D eigenvalue weighted by atomic mass is 10.1. The number of hydrogen-bond donors (Lipinski definition) is 1. The summed E-state index contributed by atoms with van der Waals surface area (Å²) in [5.41, 5.74) is 0.846. The first-order valence-corrected chi connectivity index (χ1v) is 7.46. The average Bonchev–Trinajstić information content (AvgIpc) is 2.84. The number of carbonyl (C=O) groups excluding carboxylic acids is 1. The van der Waals surface area contributed by atoms with Gasteiger partial charge in [0.25, 0.3) is 0 Å². The molecule has 5 nitrogen and oxygen atoms in total. The lowest BCUT2D eigenvalue weighted by Gasteiger charge is -2.27. The zero-order valence-electron chi connectivity index (χ0n) is 11.4. The molecule has 0 radical (unpaired) electrons. The SMILES string of the molecule is CCOc1ccccc1[C@@H]1SC[C@@H](C(=O)O)N1C(C)=O. The van der Waals surface area contributed by atoms with Gasteiger partial charge in [-0.2, -0.15) is 0 Å². The van der Waals surface area contributed by atoms with Crippen molar-refractivity contribution < 1.29 is 19.4 Å². The first-order chi connectivity index (χ1) is 9.56. The van der Waals surface area contributed by atoms with Crippen LogP contribution in [-0.2, 0) is 9.59 Å². The average molecular weight is 295 g/mol. The summed E-state index contributed by atoms with van der Waals surface area (Å²) in [6, 6.07) is 6.66. The summed E-state index contributed by atoms with van der Waals surface area (Å²) >= 11 is 1.45. The molecule has 1 aliphatic heterocycles. The van der Waals surface area contributed by atoms with E-state index in [-0.39, 0.29) is 11.3 Å². The molecule has 1 aromatic rings. The van der Waals surface area contributed by atoms with E-state index in [0.717, 1.165) is 5.56 Å². The third-order valence-electron chi connectivity index (χ3n) is 3.13. The maximum atomic E-state index is 11.8. The van der Waals surface area contributed by atoms with Crippen molar-refractivity contribution in [2.24, 2.45) is 0 Å². The molecule has 0 bridgehead atoms. The van der Waals surface area contributed by atoms with E-state index in [1.807, 2.05) is 31.2 Å². The normalized spacial score (nSPS) is 21.8. The third kappa shape index (κ3) is 2.75. The van der Waals surface area contributed by atoms with Crippen LogP contribution in [0, 0.1) is 0 Å². The molecule has 108 valence electrons. The van der Waals surface area contributed by atoms with E-state index in [2.05, 4.69) is 0 Å². The molecule has 2 atom stereocenters. The van der Waals surface area contributed by atoms with Crippen LogP contribution < -0.4 is 4.74 Å². The third-order valence-corrected chi connectivity index (χ3v) is 4.44. The molecule has 1 saturated heterocycles. The molecule has 1 amide bonds. The minimum Gasteiger partial charge on any atom is -0.493 e. The van der Waals surface area contributed by atoms with Crippen LogP contribution in [0.1, 0.15) is 24.8 Å². The molecule has 0 aromatic heterocycles. The first kappa shape index (κ1) is 14.7. The summed E-state index contributed by atoms with van der Waals surface area (Å²) in [4.78, 5) is 24.5. The highest BCUT2D eigenvalue weighted by atomic mass is 32.2. The maximum absolute atomic E-state index is 11.8. The molecule has 6 heteroatoms. The summed E-state index contributed by atoms with van der Waals surface area (Å²) in [7, 11) is 0. The van der Waals surface area contributed by atoms with Crippen LogP contribution in [0.2, 0.25) is 0 Å². The zero-order valence-corrected chi connectivity index (χ0v) is 12.2. The highest BCUT2D eigenvalue weighted by Gasteiger charge is 2.41. The Kier molecular flexibility index (Phi) is 4.54. The van der Waals surface area contributed by atoms with Crippen molar-refractivity contribution in [3.8, 4) is 5.75 Å². The Hall–Kier alpha value is -1.69. The molecule has 0 spiro atoms. The van der Waals surface area contributed by atoms with Gasteiger partial charge < -0.3 is 14.7 Å². The van der Waals surface area contributed by atoms with Crippen molar-refractivity contribution in [3.63, 3.8) is 0 Å². The number of carboxylic acid groups (broad SMARTS) is 1. The minimum absolute atomic E-state index is 0.237. The van der Waals surface area contributed by atoms with Crippen molar-refractivity contribution in [2.75, 3.05) is 12.4 Å². The predicted molar refractivity (Wildman–Crippen MR) is 76.8 cm³/mol.